The van der Waals surface area contributed by atoms with Gasteiger partial charge >= 0.3 is 0 Å². The van der Waals surface area contributed by atoms with E-state index in [-0.39, 0.29) is 23.3 Å². The minimum Gasteiger partial charge on any atom is -0.504 e. The van der Waals surface area contributed by atoms with E-state index in [0.29, 0.717) is 27.4 Å². The smallest absolute Gasteiger partial charge is 0.262 e. The average Bonchev–Trinajstić information content (AvgIpc) is 2.59. The number of carbonyl (C=O) groups is 1. The fourth-order valence-electron chi connectivity index (χ4n) is 3.03. The zero-order valence-electron chi connectivity index (χ0n) is 14.5. The van der Waals surface area contributed by atoms with Crippen molar-refractivity contribution in [3.63, 3.8) is 0 Å². The Morgan fingerprint density at radius 3 is 2.84 bits per heavy atom. The number of amides is 1. The van der Waals surface area contributed by atoms with Crippen molar-refractivity contribution in [1.82, 2.24) is 5.32 Å². The fourth-order valence-corrected chi connectivity index (χ4v) is 3.66. The van der Waals surface area contributed by atoms with E-state index < -0.39 is 0 Å². The van der Waals surface area contributed by atoms with Gasteiger partial charge in [0, 0.05) is 6.04 Å². The van der Waals surface area contributed by atoms with Gasteiger partial charge in [0.25, 0.3) is 5.91 Å². The summed E-state index contributed by atoms with van der Waals surface area (Å²) in [6, 6.07) is 5.45. The molecular formula is C19H23IN2O3. The van der Waals surface area contributed by atoms with Gasteiger partial charge in [-0.25, -0.2) is 0 Å². The van der Waals surface area contributed by atoms with E-state index in [0.717, 1.165) is 19.3 Å². The molecule has 1 amide bonds. The Balaban J connectivity index is 2.21. The highest BCUT2D eigenvalue weighted by molar-refractivity contribution is 14.1. The van der Waals surface area contributed by atoms with E-state index in [1.54, 1.807) is 12.1 Å². The zero-order valence-corrected chi connectivity index (χ0v) is 16.7. The summed E-state index contributed by atoms with van der Waals surface area (Å²) in [6.45, 7) is 4.38. The van der Waals surface area contributed by atoms with Gasteiger partial charge in [-0.3, -0.25) is 4.79 Å². The summed E-state index contributed by atoms with van der Waals surface area (Å²) in [6.07, 6.45) is 5.89. The third kappa shape index (κ3) is 5.11. The molecule has 2 N–H and O–H groups in total. The van der Waals surface area contributed by atoms with Crippen molar-refractivity contribution in [2.75, 3.05) is 6.61 Å². The van der Waals surface area contributed by atoms with Crippen molar-refractivity contribution in [3.05, 3.63) is 26.8 Å². The molecule has 2 rings (SSSR count). The number of ether oxygens (including phenoxy) is 1. The van der Waals surface area contributed by atoms with Crippen LogP contribution in [0.4, 0.5) is 0 Å². The molecule has 0 heterocycles. The molecule has 1 aromatic rings. The van der Waals surface area contributed by atoms with Crippen molar-refractivity contribution >= 4 is 34.6 Å². The standard InChI is InChI=1S/C19H23IN2O3/c1-3-25-17-10-13(9-15(20)18(17)23)8-14(11-21)19(24)22-16-7-5-4-6-12(16)2/h8-10,12,16,23H,3-7H2,1-2H3,(H,22,24)/b14-8+/t12-,16+/m0/s1. The highest BCUT2D eigenvalue weighted by atomic mass is 127. The van der Waals surface area contributed by atoms with Gasteiger partial charge in [0.15, 0.2) is 11.5 Å². The predicted molar refractivity (Wildman–Crippen MR) is 105 cm³/mol. The molecule has 0 saturated heterocycles. The topological polar surface area (TPSA) is 82.3 Å². The minimum atomic E-state index is -0.345. The van der Waals surface area contributed by atoms with Crippen LogP contribution in [0.25, 0.3) is 6.08 Å². The molecule has 25 heavy (non-hydrogen) atoms. The lowest BCUT2D eigenvalue weighted by molar-refractivity contribution is -0.118. The van der Waals surface area contributed by atoms with Crippen LogP contribution in [0.15, 0.2) is 17.7 Å². The number of phenols is 1. The first-order valence-corrected chi connectivity index (χ1v) is 9.62. The number of hydrogen-bond donors (Lipinski definition) is 2. The Bertz CT molecular complexity index is 709. The third-order valence-electron chi connectivity index (χ3n) is 4.45. The molecule has 6 heteroatoms. The molecule has 1 aliphatic carbocycles. The van der Waals surface area contributed by atoms with Gasteiger partial charge in [-0.2, -0.15) is 5.26 Å². The second-order valence-electron chi connectivity index (χ2n) is 6.29. The Morgan fingerprint density at radius 2 is 2.20 bits per heavy atom. The van der Waals surface area contributed by atoms with Gasteiger partial charge in [0.2, 0.25) is 0 Å². The Kier molecular flexibility index (Phi) is 7.12. The molecule has 1 aromatic carbocycles. The molecule has 0 radical (unpaired) electrons. The van der Waals surface area contributed by atoms with Crippen molar-refractivity contribution in [2.45, 2.75) is 45.6 Å². The van der Waals surface area contributed by atoms with Crippen LogP contribution in [0, 0.1) is 20.8 Å². The van der Waals surface area contributed by atoms with E-state index in [2.05, 4.69) is 12.2 Å². The van der Waals surface area contributed by atoms with Crippen LogP contribution in [-0.2, 0) is 4.79 Å². The second kappa shape index (κ2) is 9.09. The first-order chi connectivity index (χ1) is 12.0. The molecular weight excluding hydrogens is 431 g/mol. The number of carbonyl (C=O) groups excluding carboxylic acids is 1. The fraction of sp³-hybridized carbons (Fsp3) is 0.474. The molecule has 1 aliphatic rings. The van der Waals surface area contributed by atoms with Crippen LogP contribution in [0.3, 0.4) is 0 Å². The van der Waals surface area contributed by atoms with Crippen LogP contribution in [0.5, 0.6) is 11.5 Å². The normalized spacial score (nSPS) is 20.6. The van der Waals surface area contributed by atoms with Crippen LogP contribution in [0.2, 0.25) is 0 Å². The van der Waals surface area contributed by atoms with Crippen LogP contribution < -0.4 is 10.1 Å². The maximum Gasteiger partial charge on any atom is 0.262 e. The van der Waals surface area contributed by atoms with E-state index in [1.807, 2.05) is 35.6 Å². The Hall–Kier alpha value is -1.75. The summed E-state index contributed by atoms with van der Waals surface area (Å²) in [4.78, 5) is 12.5. The molecule has 5 nitrogen and oxygen atoms in total. The highest BCUT2D eigenvalue weighted by Crippen LogP contribution is 2.33. The lowest BCUT2D eigenvalue weighted by Gasteiger charge is -2.29. The lowest BCUT2D eigenvalue weighted by atomic mass is 9.86. The van der Waals surface area contributed by atoms with E-state index in [4.69, 9.17) is 4.74 Å². The molecule has 0 unspecified atom stereocenters. The number of nitrogens with zero attached hydrogens (tertiary/aromatic N) is 1. The van der Waals surface area contributed by atoms with Gasteiger partial charge in [-0.05, 0) is 72.0 Å². The maximum atomic E-state index is 12.5. The Labute approximate surface area is 162 Å². The minimum absolute atomic E-state index is 0.0571. The number of benzene rings is 1. The number of halogens is 1. The van der Waals surface area contributed by atoms with E-state index in [9.17, 15) is 15.2 Å². The molecule has 2 atom stereocenters. The van der Waals surface area contributed by atoms with Gasteiger partial charge in [0.05, 0.1) is 10.2 Å². The molecule has 0 spiro atoms. The summed E-state index contributed by atoms with van der Waals surface area (Å²) < 4.78 is 6.01. The van der Waals surface area contributed by atoms with E-state index >= 15 is 0 Å². The summed E-state index contributed by atoms with van der Waals surface area (Å²) in [7, 11) is 0. The number of phenolic OH excluding ortho intramolecular Hbond substituents is 1. The molecule has 1 saturated carbocycles. The van der Waals surface area contributed by atoms with Crippen molar-refractivity contribution in [1.29, 1.82) is 5.26 Å². The number of aromatic hydroxyl groups is 1. The molecule has 134 valence electrons. The molecule has 0 bridgehead atoms. The largest absolute Gasteiger partial charge is 0.504 e. The number of nitriles is 1. The van der Waals surface area contributed by atoms with Crippen LogP contribution >= 0.6 is 22.6 Å². The predicted octanol–water partition coefficient (Wildman–Crippen LogP) is 4.00. The third-order valence-corrected chi connectivity index (χ3v) is 5.28. The first-order valence-electron chi connectivity index (χ1n) is 8.54. The van der Waals surface area contributed by atoms with Gasteiger partial charge < -0.3 is 15.2 Å². The molecule has 0 aliphatic heterocycles. The van der Waals surface area contributed by atoms with Crippen molar-refractivity contribution in [3.8, 4) is 17.6 Å². The van der Waals surface area contributed by atoms with Gasteiger partial charge in [-0.1, -0.05) is 19.8 Å². The Morgan fingerprint density at radius 1 is 1.48 bits per heavy atom. The van der Waals surface area contributed by atoms with Crippen molar-refractivity contribution in [2.24, 2.45) is 5.92 Å². The van der Waals surface area contributed by atoms with Crippen LogP contribution in [0.1, 0.15) is 45.1 Å². The summed E-state index contributed by atoms with van der Waals surface area (Å²) in [5, 5.41) is 22.4. The summed E-state index contributed by atoms with van der Waals surface area (Å²) in [5.41, 5.74) is 0.704. The first kappa shape index (κ1) is 19.6. The SMILES string of the molecule is CCOc1cc(/C=C(\C#N)C(=O)N[C@@H]2CCCC[C@@H]2C)cc(I)c1O. The molecule has 1 fully saturated rings. The van der Waals surface area contributed by atoms with Crippen molar-refractivity contribution < 1.29 is 14.6 Å². The molecule has 0 aromatic heterocycles. The second-order valence-corrected chi connectivity index (χ2v) is 7.46. The highest BCUT2D eigenvalue weighted by Gasteiger charge is 2.24. The maximum absolute atomic E-state index is 12.5. The van der Waals surface area contributed by atoms with Gasteiger partial charge in [-0.15, -0.1) is 0 Å². The summed E-state index contributed by atoms with van der Waals surface area (Å²) >= 11 is 2.00. The number of rotatable bonds is 5. The number of hydrogen-bond acceptors (Lipinski definition) is 4. The monoisotopic (exact) mass is 454 g/mol. The quantitative estimate of drug-likeness (QED) is 0.401. The van der Waals surface area contributed by atoms with Crippen LogP contribution in [-0.4, -0.2) is 23.7 Å². The van der Waals surface area contributed by atoms with Gasteiger partial charge in [0.1, 0.15) is 11.6 Å². The van der Waals surface area contributed by atoms with E-state index in [1.165, 1.54) is 12.5 Å². The lowest BCUT2D eigenvalue weighted by Crippen LogP contribution is -2.41. The summed E-state index contributed by atoms with van der Waals surface area (Å²) in [5.74, 6) is 0.497. The average molecular weight is 454 g/mol. The zero-order chi connectivity index (χ0) is 18.4. The number of nitrogens with one attached hydrogen (secondary N) is 1.